The molecule has 0 aliphatic heterocycles. The van der Waals surface area contributed by atoms with Gasteiger partial charge in [0.15, 0.2) is 11.3 Å². The van der Waals surface area contributed by atoms with Crippen molar-refractivity contribution in [2.45, 2.75) is 46.0 Å². The monoisotopic (exact) mass is 317 g/mol. The van der Waals surface area contributed by atoms with Crippen LogP contribution in [0, 0.1) is 11.8 Å². The van der Waals surface area contributed by atoms with Gasteiger partial charge in [-0.15, -0.1) is 0 Å². The van der Waals surface area contributed by atoms with Gasteiger partial charge in [0.1, 0.15) is 0 Å². The second kappa shape index (κ2) is 6.56. The molecule has 23 heavy (non-hydrogen) atoms. The Balaban J connectivity index is 1.86. The van der Waals surface area contributed by atoms with Crippen LogP contribution in [0.1, 0.15) is 55.7 Å². The molecule has 124 valence electrons. The molecule has 1 aliphatic rings. The molecular weight excluding hydrogens is 294 g/mol. The number of aromatic hydroxyl groups is 1. The number of rotatable bonds is 4. The molecule has 2 aromatic rings. The zero-order chi connectivity index (χ0) is 16.4. The van der Waals surface area contributed by atoms with Crippen molar-refractivity contribution in [3.8, 4) is 5.88 Å². The Morgan fingerprint density at radius 2 is 2.17 bits per heavy atom. The summed E-state index contributed by atoms with van der Waals surface area (Å²) in [6.07, 6.45) is 5.90. The van der Waals surface area contributed by atoms with Crippen LogP contribution in [-0.2, 0) is 11.2 Å². The fourth-order valence-corrected chi connectivity index (χ4v) is 3.38. The highest BCUT2D eigenvalue weighted by atomic mass is 16.5. The van der Waals surface area contributed by atoms with Gasteiger partial charge >= 0.3 is 5.97 Å². The topological polar surface area (TPSA) is 76.7 Å². The molecule has 0 bridgehead atoms. The second-order valence-corrected chi connectivity index (χ2v) is 6.35. The number of fused-ring (bicyclic) bond motifs is 1. The Morgan fingerprint density at radius 3 is 2.91 bits per heavy atom. The largest absolute Gasteiger partial charge is 0.493 e. The molecule has 1 saturated carbocycles. The highest BCUT2D eigenvalue weighted by Crippen LogP contribution is 2.32. The third kappa shape index (κ3) is 3.30. The molecule has 6 nitrogen and oxygen atoms in total. The van der Waals surface area contributed by atoms with Crippen molar-refractivity contribution in [2.75, 3.05) is 6.61 Å². The maximum absolute atomic E-state index is 11.8. The van der Waals surface area contributed by atoms with E-state index < -0.39 is 5.97 Å². The molecule has 0 amide bonds. The standard InChI is InChI=1S/C17H23N3O3/c1-3-23-17(22)14-10-15-18-13(9-16(21)20(15)19-14)8-12-7-5-4-6-11(12)2/h9-12,21H,3-8H2,1-2H3. The van der Waals surface area contributed by atoms with Gasteiger partial charge in [-0.05, 0) is 31.6 Å². The molecule has 0 aromatic carbocycles. The first-order valence-electron chi connectivity index (χ1n) is 8.34. The van der Waals surface area contributed by atoms with E-state index in [-0.39, 0.29) is 18.2 Å². The lowest BCUT2D eigenvalue weighted by Crippen LogP contribution is -2.19. The predicted octanol–water partition coefficient (Wildman–Crippen LogP) is 2.98. The molecule has 0 spiro atoms. The summed E-state index contributed by atoms with van der Waals surface area (Å²) >= 11 is 0. The fourth-order valence-electron chi connectivity index (χ4n) is 3.38. The summed E-state index contributed by atoms with van der Waals surface area (Å²) < 4.78 is 6.22. The van der Waals surface area contributed by atoms with Crippen molar-refractivity contribution in [1.82, 2.24) is 14.6 Å². The molecule has 2 atom stereocenters. The van der Waals surface area contributed by atoms with Crippen LogP contribution in [0.3, 0.4) is 0 Å². The SMILES string of the molecule is CCOC(=O)c1cc2nc(CC3CCCCC3C)cc(O)n2n1. The quantitative estimate of drug-likeness (QED) is 0.877. The average molecular weight is 317 g/mol. The van der Waals surface area contributed by atoms with Gasteiger partial charge in [-0.3, -0.25) is 0 Å². The predicted molar refractivity (Wildman–Crippen MR) is 85.4 cm³/mol. The number of carbonyl (C=O) groups excluding carboxylic acids is 1. The first-order chi connectivity index (χ1) is 11.1. The van der Waals surface area contributed by atoms with Gasteiger partial charge < -0.3 is 9.84 Å². The Morgan fingerprint density at radius 1 is 1.39 bits per heavy atom. The third-order valence-corrected chi connectivity index (χ3v) is 4.71. The van der Waals surface area contributed by atoms with Crippen molar-refractivity contribution < 1.29 is 14.6 Å². The van der Waals surface area contributed by atoms with Crippen LogP contribution in [0.15, 0.2) is 12.1 Å². The van der Waals surface area contributed by atoms with Gasteiger partial charge in [-0.2, -0.15) is 9.61 Å². The van der Waals surface area contributed by atoms with Gasteiger partial charge in [0.2, 0.25) is 5.88 Å². The van der Waals surface area contributed by atoms with Gasteiger partial charge in [-0.25, -0.2) is 9.78 Å². The van der Waals surface area contributed by atoms with Crippen molar-refractivity contribution in [3.63, 3.8) is 0 Å². The summed E-state index contributed by atoms with van der Waals surface area (Å²) in [6.45, 7) is 4.32. The van der Waals surface area contributed by atoms with Gasteiger partial charge in [0.05, 0.1) is 6.61 Å². The molecule has 3 rings (SSSR count). The van der Waals surface area contributed by atoms with E-state index in [0.29, 0.717) is 17.5 Å². The van der Waals surface area contributed by atoms with Gasteiger partial charge in [-0.1, -0.05) is 26.2 Å². The highest BCUT2D eigenvalue weighted by Gasteiger charge is 2.23. The van der Waals surface area contributed by atoms with Gasteiger partial charge in [0, 0.05) is 17.8 Å². The highest BCUT2D eigenvalue weighted by molar-refractivity contribution is 5.88. The van der Waals surface area contributed by atoms with Crippen molar-refractivity contribution in [2.24, 2.45) is 11.8 Å². The van der Waals surface area contributed by atoms with E-state index in [1.807, 2.05) is 0 Å². The lowest BCUT2D eigenvalue weighted by molar-refractivity contribution is 0.0519. The Bertz CT molecular complexity index is 710. The first kappa shape index (κ1) is 15.8. The number of nitrogens with zero attached hydrogens (tertiary/aromatic N) is 3. The molecule has 0 saturated heterocycles. The van der Waals surface area contributed by atoms with Crippen molar-refractivity contribution >= 4 is 11.6 Å². The molecule has 1 fully saturated rings. The number of ether oxygens (including phenoxy) is 1. The van der Waals surface area contributed by atoms with E-state index in [0.717, 1.165) is 12.1 Å². The Labute approximate surface area is 135 Å². The molecule has 1 aliphatic carbocycles. The van der Waals surface area contributed by atoms with E-state index in [1.54, 1.807) is 19.1 Å². The van der Waals surface area contributed by atoms with Crippen LogP contribution in [0.5, 0.6) is 5.88 Å². The van der Waals surface area contributed by atoms with E-state index in [9.17, 15) is 9.90 Å². The number of hydrogen-bond donors (Lipinski definition) is 1. The van der Waals surface area contributed by atoms with E-state index in [4.69, 9.17) is 4.74 Å². The molecule has 1 N–H and O–H groups in total. The lowest BCUT2D eigenvalue weighted by atomic mass is 9.78. The number of esters is 1. The van der Waals surface area contributed by atoms with Crippen LogP contribution in [0.4, 0.5) is 0 Å². The second-order valence-electron chi connectivity index (χ2n) is 6.35. The van der Waals surface area contributed by atoms with Gasteiger partial charge in [0.25, 0.3) is 0 Å². The molecular formula is C17H23N3O3. The summed E-state index contributed by atoms with van der Waals surface area (Å²) in [6, 6.07) is 3.21. The number of hydrogen-bond acceptors (Lipinski definition) is 5. The maximum atomic E-state index is 11.8. The summed E-state index contributed by atoms with van der Waals surface area (Å²) in [5, 5.41) is 14.2. The van der Waals surface area contributed by atoms with Crippen molar-refractivity contribution in [3.05, 3.63) is 23.5 Å². The van der Waals surface area contributed by atoms with Crippen LogP contribution in [-0.4, -0.2) is 32.3 Å². The normalized spacial score (nSPS) is 21.5. The molecule has 6 heteroatoms. The van der Waals surface area contributed by atoms with E-state index >= 15 is 0 Å². The summed E-state index contributed by atoms with van der Waals surface area (Å²) in [5.74, 6) is 0.790. The summed E-state index contributed by atoms with van der Waals surface area (Å²) in [5.41, 5.74) is 1.49. The lowest BCUT2D eigenvalue weighted by Gasteiger charge is -2.28. The van der Waals surface area contributed by atoms with Crippen LogP contribution in [0.2, 0.25) is 0 Å². The van der Waals surface area contributed by atoms with E-state index in [2.05, 4.69) is 17.0 Å². The smallest absolute Gasteiger partial charge is 0.358 e. The van der Waals surface area contributed by atoms with Crippen molar-refractivity contribution in [1.29, 1.82) is 0 Å². The van der Waals surface area contributed by atoms with Crippen LogP contribution in [0.25, 0.3) is 5.65 Å². The number of aromatic nitrogens is 3. The van der Waals surface area contributed by atoms with Crippen LogP contribution >= 0.6 is 0 Å². The minimum absolute atomic E-state index is 0.00371. The zero-order valence-corrected chi connectivity index (χ0v) is 13.7. The Kier molecular flexibility index (Phi) is 4.50. The molecule has 2 aromatic heterocycles. The maximum Gasteiger partial charge on any atom is 0.358 e. The minimum atomic E-state index is -0.500. The third-order valence-electron chi connectivity index (χ3n) is 4.71. The zero-order valence-electron chi connectivity index (χ0n) is 13.7. The summed E-state index contributed by atoms with van der Waals surface area (Å²) in [7, 11) is 0. The molecule has 0 radical (unpaired) electrons. The van der Waals surface area contributed by atoms with E-state index in [1.165, 1.54) is 30.2 Å². The average Bonchev–Trinajstić information content (AvgIpc) is 2.95. The summed E-state index contributed by atoms with van der Waals surface area (Å²) in [4.78, 5) is 16.3. The Hall–Kier alpha value is -2.11. The fraction of sp³-hybridized carbons (Fsp3) is 0.588. The first-order valence-corrected chi connectivity index (χ1v) is 8.34. The molecule has 2 heterocycles. The number of carbonyl (C=O) groups is 1. The molecule has 2 unspecified atom stereocenters. The minimum Gasteiger partial charge on any atom is -0.493 e. The van der Waals surface area contributed by atoms with Crippen LogP contribution < -0.4 is 0 Å².